The summed E-state index contributed by atoms with van der Waals surface area (Å²) in [5, 5.41) is 6.84. The second-order valence-electron chi connectivity index (χ2n) is 5.13. The van der Waals surface area contributed by atoms with Gasteiger partial charge in [0.1, 0.15) is 5.82 Å². The fraction of sp³-hybridized carbons (Fsp3) is 0.357. The van der Waals surface area contributed by atoms with Crippen molar-refractivity contribution in [2.45, 2.75) is 32.9 Å². The van der Waals surface area contributed by atoms with Crippen LogP contribution in [0.3, 0.4) is 0 Å². The second-order valence-corrected chi connectivity index (χ2v) is 5.13. The Labute approximate surface area is 111 Å². The van der Waals surface area contributed by atoms with Gasteiger partial charge in [0.25, 0.3) is 5.91 Å². The van der Waals surface area contributed by atoms with Gasteiger partial charge in [0.2, 0.25) is 5.82 Å². The van der Waals surface area contributed by atoms with E-state index in [1.165, 1.54) is 11.1 Å². The Kier molecular flexibility index (Phi) is 2.81. The molecule has 0 saturated heterocycles. The van der Waals surface area contributed by atoms with Gasteiger partial charge < -0.3 is 4.90 Å². The van der Waals surface area contributed by atoms with Gasteiger partial charge in [-0.25, -0.2) is 4.98 Å². The molecule has 2 heterocycles. The number of hydrogen-bond acceptors (Lipinski definition) is 3. The Balaban J connectivity index is 1.79. The van der Waals surface area contributed by atoms with Gasteiger partial charge in [0.15, 0.2) is 0 Å². The Bertz CT molecular complexity index is 592. The first-order valence-electron chi connectivity index (χ1n) is 6.43. The van der Waals surface area contributed by atoms with Crippen molar-refractivity contribution in [3.8, 4) is 0 Å². The molecule has 5 nitrogen and oxygen atoms in total. The lowest BCUT2D eigenvalue weighted by Gasteiger charge is -2.12. The minimum atomic E-state index is -0.112. The summed E-state index contributed by atoms with van der Waals surface area (Å²) in [5.74, 6) is 1.14. The highest BCUT2D eigenvalue weighted by Gasteiger charge is 2.26. The zero-order valence-electron chi connectivity index (χ0n) is 11.1. The Morgan fingerprint density at radius 3 is 2.42 bits per heavy atom. The lowest BCUT2D eigenvalue weighted by Crippen LogP contribution is -2.26. The van der Waals surface area contributed by atoms with Crippen LogP contribution in [0.15, 0.2) is 24.3 Å². The summed E-state index contributed by atoms with van der Waals surface area (Å²) < 4.78 is 0. The number of nitrogens with one attached hydrogen (secondary N) is 1. The van der Waals surface area contributed by atoms with E-state index in [4.69, 9.17) is 0 Å². The first kappa shape index (κ1) is 11.9. The topological polar surface area (TPSA) is 61.9 Å². The molecule has 1 aliphatic heterocycles. The van der Waals surface area contributed by atoms with Gasteiger partial charge >= 0.3 is 0 Å². The third-order valence-electron chi connectivity index (χ3n) is 3.37. The minimum absolute atomic E-state index is 0.112. The highest BCUT2D eigenvalue weighted by Crippen LogP contribution is 2.23. The summed E-state index contributed by atoms with van der Waals surface area (Å²) in [5.41, 5.74) is 2.41. The number of H-pyrrole nitrogens is 1. The number of aromatic nitrogens is 3. The quantitative estimate of drug-likeness (QED) is 0.894. The first-order valence-corrected chi connectivity index (χ1v) is 6.43. The molecule has 0 radical (unpaired) electrons. The van der Waals surface area contributed by atoms with Crippen molar-refractivity contribution in [1.82, 2.24) is 20.1 Å². The van der Waals surface area contributed by atoms with Gasteiger partial charge in [-0.1, -0.05) is 38.1 Å². The molecule has 19 heavy (non-hydrogen) atoms. The van der Waals surface area contributed by atoms with Crippen LogP contribution in [0, 0.1) is 0 Å². The number of amides is 1. The van der Waals surface area contributed by atoms with Crippen LogP contribution in [-0.2, 0) is 13.1 Å². The molecule has 1 aliphatic rings. The van der Waals surface area contributed by atoms with Crippen molar-refractivity contribution in [2.75, 3.05) is 0 Å². The Morgan fingerprint density at radius 2 is 1.89 bits per heavy atom. The molecule has 0 bridgehead atoms. The summed E-state index contributed by atoms with van der Waals surface area (Å²) in [6, 6.07) is 8.10. The number of benzene rings is 1. The number of fused-ring (bicyclic) bond motifs is 1. The van der Waals surface area contributed by atoms with E-state index in [2.05, 4.69) is 27.3 Å². The van der Waals surface area contributed by atoms with Gasteiger partial charge in [0.05, 0.1) is 0 Å². The predicted molar refractivity (Wildman–Crippen MR) is 70.5 cm³/mol. The van der Waals surface area contributed by atoms with E-state index in [0.717, 1.165) is 5.82 Å². The predicted octanol–water partition coefficient (Wildman–Crippen LogP) is 2.08. The third-order valence-corrected chi connectivity index (χ3v) is 3.37. The van der Waals surface area contributed by atoms with Crippen LogP contribution in [0.1, 0.15) is 47.3 Å². The number of hydrogen-bond donors (Lipinski definition) is 1. The number of carbonyl (C=O) groups is 1. The van der Waals surface area contributed by atoms with E-state index in [1.807, 2.05) is 26.0 Å². The monoisotopic (exact) mass is 256 g/mol. The Hall–Kier alpha value is -2.17. The molecule has 0 saturated carbocycles. The van der Waals surface area contributed by atoms with Crippen molar-refractivity contribution in [3.05, 3.63) is 47.0 Å². The summed E-state index contributed by atoms with van der Waals surface area (Å²) in [7, 11) is 0. The van der Waals surface area contributed by atoms with E-state index in [0.29, 0.717) is 13.1 Å². The molecule has 0 fully saturated rings. The molecule has 3 rings (SSSR count). The van der Waals surface area contributed by atoms with Crippen molar-refractivity contribution in [3.63, 3.8) is 0 Å². The van der Waals surface area contributed by atoms with Gasteiger partial charge in [-0.2, -0.15) is 0 Å². The van der Waals surface area contributed by atoms with Crippen LogP contribution in [0.5, 0.6) is 0 Å². The maximum absolute atomic E-state index is 12.3. The van der Waals surface area contributed by atoms with Gasteiger partial charge in [0, 0.05) is 19.0 Å². The first-order chi connectivity index (χ1) is 9.15. The van der Waals surface area contributed by atoms with Crippen LogP contribution in [0.25, 0.3) is 0 Å². The van der Waals surface area contributed by atoms with Crippen LogP contribution in [-0.4, -0.2) is 26.0 Å². The maximum Gasteiger partial charge on any atom is 0.294 e. The van der Waals surface area contributed by atoms with Crippen LogP contribution < -0.4 is 0 Å². The van der Waals surface area contributed by atoms with E-state index in [-0.39, 0.29) is 17.6 Å². The number of rotatable bonds is 2. The second kappa shape index (κ2) is 4.50. The SMILES string of the molecule is CC(C)c1nc(C(=O)N2Cc3ccccc3C2)n[nH]1. The number of aromatic amines is 1. The van der Waals surface area contributed by atoms with Crippen LogP contribution in [0.4, 0.5) is 0 Å². The zero-order valence-corrected chi connectivity index (χ0v) is 11.1. The average Bonchev–Trinajstić information content (AvgIpc) is 3.04. The lowest BCUT2D eigenvalue weighted by atomic mass is 10.1. The van der Waals surface area contributed by atoms with Crippen molar-refractivity contribution >= 4 is 5.91 Å². The van der Waals surface area contributed by atoms with E-state index < -0.39 is 0 Å². The molecule has 0 spiro atoms. The largest absolute Gasteiger partial charge is 0.327 e. The molecular weight excluding hydrogens is 240 g/mol. The van der Waals surface area contributed by atoms with Gasteiger partial charge in [-0.3, -0.25) is 9.89 Å². The minimum Gasteiger partial charge on any atom is -0.327 e. The van der Waals surface area contributed by atoms with E-state index in [1.54, 1.807) is 4.90 Å². The Morgan fingerprint density at radius 1 is 1.26 bits per heavy atom. The van der Waals surface area contributed by atoms with Gasteiger partial charge in [-0.05, 0) is 11.1 Å². The molecule has 98 valence electrons. The van der Waals surface area contributed by atoms with E-state index >= 15 is 0 Å². The summed E-state index contributed by atoms with van der Waals surface area (Å²) in [6.07, 6.45) is 0. The normalized spacial score (nSPS) is 13.9. The summed E-state index contributed by atoms with van der Waals surface area (Å²) in [6.45, 7) is 5.31. The van der Waals surface area contributed by atoms with Crippen molar-refractivity contribution < 1.29 is 4.79 Å². The zero-order chi connectivity index (χ0) is 13.4. The summed E-state index contributed by atoms with van der Waals surface area (Å²) in [4.78, 5) is 18.4. The molecule has 2 aromatic rings. The molecule has 1 N–H and O–H groups in total. The van der Waals surface area contributed by atoms with Gasteiger partial charge in [-0.15, -0.1) is 5.10 Å². The fourth-order valence-corrected chi connectivity index (χ4v) is 2.25. The highest BCUT2D eigenvalue weighted by atomic mass is 16.2. The molecule has 1 aromatic heterocycles. The summed E-state index contributed by atoms with van der Waals surface area (Å²) >= 11 is 0. The average molecular weight is 256 g/mol. The van der Waals surface area contributed by atoms with Crippen molar-refractivity contribution in [1.29, 1.82) is 0 Å². The lowest BCUT2D eigenvalue weighted by molar-refractivity contribution is 0.0739. The standard InChI is InChI=1S/C14H16N4O/c1-9(2)12-15-13(17-16-12)14(19)18-7-10-5-3-4-6-11(10)8-18/h3-6,9H,7-8H2,1-2H3,(H,15,16,17). The van der Waals surface area contributed by atoms with Crippen LogP contribution >= 0.6 is 0 Å². The van der Waals surface area contributed by atoms with Crippen LogP contribution in [0.2, 0.25) is 0 Å². The third kappa shape index (κ3) is 2.12. The highest BCUT2D eigenvalue weighted by molar-refractivity contribution is 5.90. The van der Waals surface area contributed by atoms with Crippen molar-refractivity contribution in [2.24, 2.45) is 0 Å². The molecular formula is C14H16N4O. The number of carbonyl (C=O) groups excluding carboxylic acids is 1. The van der Waals surface area contributed by atoms with E-state index in [9.17, 15) is 4.79 Å². The number of nitrogens with zero attached hydrogens (tertiary/aromatic N) is 3. The molecule has 0 unspecified atom stereocenters. The molecule has 5 heteroatoms. The molecule has 1 aromatic carbocycles. The fourth-order valence-electron chi connectivity index (χ4n) is 2.25. The molecule has 0 aliphatic carbocycles. The molecule has 0 atom stereocenters. The smallest absolute Gasteiger partial charge is 0.294 e. The maximum atomic E-state index is 12.3. The molecule has 1 amide bonds.